The van der Waals surface area contributed by atoms with Crippen LogP contribution in [0.5, 0.6) is 5.75 Å². The van der Waals surface area contributed by atoms with Gasteiger partial charge >= 0.3 is 6.03 Å². The Morgan fingerprint density at radius 3 is 2.67 bits per heavy atom. The maximum atomic E-state index is 13.3. The molecule has 33 heavy (non-hydrogen) atoms. The predicted molar refractivity (Wildman–Crippen MR) is 125 cm³/mol. The number of nitrogens with one attached hydrogen (secondary N) is 1. The van der Waals surface area contributed by atoms with Crippen LogP contribution >= 0.6 is 0 Å². The highest BCUT2D eigenvalue weighted by molar-refractivity contribution is 5.89. The van der Waals surface area contributed by atoms with Crippen molar-refractivity contribution in [1.82, 2.24) is 9.47 Å². The molecule has 0 radical (unpaired) electrons. The number of aromatic nitrogens is 1. The molecule has 2 aromatic carbocycles. The lowest BCUT2D eigenvalue weighted by molar-refractivity contribution is 0.139. The van der Waals surface area contributed by atoms with Crippen molar-refractivity contribution >= 4 is 11.7 Å². The maximum absolute atomic E-state index is 13.3. The van der Waals surface area contributed by atoms with Crippen molar-refractivity contribution in [2.75, 3.05) is 25.5 Å². The second-order valence-electron chi connectivity index (χ2n) is 8.64. The number of fused-ring (bicyclic) bond motifs is 4. The number of carbonyl (C=O) groups is 1. The van der Waals surface area contributed by atoms with Crippen LogP contribution in [0.4, 0.5) is 10.5 Å². The highest BCUT2D eigenvalue weighted by Crippen LogP contribution is 2.36. The Morgan fingerprint density at radius 1 is 1.09 bits per heavy atom. The lowest BCUT2D eigenvalue weighted by Crippen LogP contribution is -2.50. The Balaban J connectivity index is 1.37. The molecule has 7 heteroatoms. The molecule has 0 saturated carbocycles. The number of methoxy groups -OCH3 is 1. The molecule has 2 aliphatic heterocycles. The monoisotopic (exact) mass is 440 g/mol. The summed E-state index contributed by atoms with van der Waals surface area (Å²) in [6.07, 6.45) is 0.967. The molecule has 5 rings (SSSR count). The van der Waals surface area contributed by atoms with E-state index >= 15 is 0 Å². The van der Waals surface area contributed by atoms with Crippen molar-refractivity contribution < 1.29 is 9.53 Å². The van der Waals surface area contributed by atoms with Crippen LogP contribution in [0, 0.1) is 17.2 Å². The molecule has 1 fully saturated rings. The first-order chi connectivity index (χ1) is 16.1. The predicted octanol–water partition coefficient (Wildman–Crippen LogP) is 4.05. The van der Waals surface area contributed by atoms with Gasteiger partial charge in [0.25, 0.3) is 5.56 Å². The Morgan fingerprint density at radius 2 is 1.91 bits per heavy atom. The van der Waals surface area contributed by atoms with Gasteiger partial charge in [0.05, 0.1) is 18.7 Å². The third-order valence-corrected chi connectivity index (χ3v) is 6.54. The largest absolute Gasteiger partial charge is 0.497 e. The Bertz CT molecular complexity index is 1310. The molecule has 0 spiro atoms. The zero-order chi connectivity index (χ0) is 22.9. The van der Waals surface area contributed by atoms with Crippen LogP contribution < -0.4 is 15.6 Å². The number of pyridine rings is 1. The molecule has 166 valence electrons. The number of hydrogen-bond donors (Lipinski definition) is 1. The minimum Gasteiger partial charge on any atom is -0.497 e. The van der Waals surface area contributed by atoms with E-state index < -0.39 is 0 Å². The summed E-state index contributed by atoms with van der Waals surface area (Å²) in [4.78, 5) is 28.1. The normalized spacial score (nSPS) is 18.7. The summed E-state index contributed by atoms with van der Waals surface area (Å²) >= 11 is 0. The average molecular weight is 441 g/mol. The number of likely N-dealkylation sites (tertiary alicyclic amines) is 1. The highest BCUT2D eigenvalue weighted by Gasteiger charge is 2.36. The fourth-order valence-corrected chi connectivity index (χ4v) is 4.97. The lowest BCUT2D eigenvalue weighted by Gasteiger charge is -2.42. The lowest BCUT2D eigenvalue weighted by atomic mass is 9.83. The molecular weight excluding hydrogens is 416 g/mol. The molecule has 1 saturated heterocycles. The molecule has 1 aromatic heterocycles. The van der Waals surface area contributed by atoms with Crippen molar-refractivity contribution in [3.05, 3.63) is 82.3 Å². The fraction of sp³-hybridized carbons (Fsp3) is 0.269. The summed E-state index contributed by atoms with van der Waals surface area (Å²) in [5.41, 5.74) is 3.65. The van der Waals surface area contributed by atoms with Gasteiger partial charge in [0.1, 0.15) is 5.75 Å². The summed E-state index contributed by atoms with van der Waals surface area (Å²) in [6, 6.07) is 20.2. The van der Waals surface area contributed by atoms with Crippen molar-refractivity contribution in [3.63, 3.8) is 0 Å². The summed E-state index contributed by atoms with van der Waals surface area (Å²) in [7, 11) is 1.62. The fourth-order valence-electron chi connectivity index (χ4n) is 4.97. The van der Waals surface area contributed by atoms with E-state index in [1.807, 2.05) is 45.9 Å². The minimum atomic E-state index is -0.176. The number of benzene rings is 2. The Kier molecular flexibility index (Phi) is 5.35. The van der Waals surface area contributed by atoms with E-state index in [2.05, 4.69) is 11.4 Å². The Labute approximate surface area is 191 Å². The van der Waals surface area contributed by atoms with Crippen LogP contribution in [-0.2, 0) is 6.54 Å². The first kappa shape index (κ1) is 20.8. The number of urea groups is 1. The molecule has 0 aliphatic carbocycles. The van der Waals surface area contributed by atoms with E-state index in [9.17, 15) is 9.59 Å². The number of hydrogen-bond acceptors (Lipinski definition) is 4. The third-order valence-electron chi connectivity index (χ3n) is 6.54. The molecule has 3 aromatic rings. The van der Waals surface area contributed by atoms with Gasteiger partial charge < -0.3 is 19.5 Å². The van der Waals surface area contributed by atoms with E-state index in [0.29, 0.717) is 36.4 Å². The second-order valence-corrected chi connectivity index (χ2v) is 8.64. The molecule has 1 N–H and O–H groups in total. The first-order valence-corrected chi connectivity index (χ1v) is 11.0. The van der Waals surface area contributed by atoms with Gasteiger partial charge in [-0.1, -0.05) is 18.2 Å². The molecule has 2 aliphatic rings. The van der Waals surface area contributed by atoms with Gasteiger partial charge in [-0.25, -0.2) is 4.79 Å². The van der Waals surface area contributed by atoms with Crippen LogP contribution in [0.3, 0.4) is 0 Å². The number of anilines is 1. The SMILES string of the molecule is COc1ccc(-c2ccc3n(c2=O)CC2CC3CN(C(=O)Nc3cccc(C#N)c3)C2)cc1. The summed E-state index contributed by atoms with van der Waals surface area (Å²) in [5, 5.41) is 12.0. The zero-order valence-corrected chi connectivity index (χ0v) is 18.3. The molecule has 2 atom stereocenters. The molecular formula is C26H24N4O3. The number of nitrogens with zero attached hydrogens (tertiary/aromatic N) is 3. The van der Waals surface area contributed by atoms with Gasteiger partial charge in [-0.15, -0.1) is 0 Å². The zero-order valence-electron chi connectivity index (χ0n) is 18.3. The number of piperidine rings is 1. The number of rotatable bonds is 3. The molecule has 3 heterocycles. The number of amides is 2. The smallest absolute Gasteiger partial charge is 0.321 e. The highest BCUT2D eigenvalue weighted by atomic mass is 16.5. The van der Waals surface area contributed by atoms with Crippen LogP contribution in [0.25, 0.3) is 11.1 Å². The van der Waals surface area contributed by atoms with Gasteiger partial charge in [-0.3, -0.25) is 4.79 Å². The van der Waals surface area contributed by atoms with E-state index in [0.717, 1.165) is 23.4 Å². The van der Waals surface area contributed by atoms with Gasteiger partial charge in [-0.2, -0.15) is 5.26 Å². The van der Waals surface area contributed by atoms with E-state index in [4.69, 9.17) is 10.00 Å². The van der Waals surface area contributed by atoms with Crippen LogP contribution in [0.1, 0.15) is 23.6 Å². The van der Waals surface area contributed by atoms with Gasteiger partial charge in [-0.05, 0) is 60.4 Å². The van der Waals surface area contributed by atoms with Crippen LogP contribution in [0.15, 0.2) is 65.5 Å². The van der Waals surface area contributed by atoms with Crippen molar-refractivity contribution in [2.24, 2.45) is 5.92 Å². The summed E-state index contributed by atoms with van der Waals surface area (Å²) in [5.74, 6) is 1.09. The third kappa shape index (κ3) is 3.96. The van der Waals surface area contributed by atoms with Crippen molar-refractivity contribution in [1.29, 1.82) is 5.26 Å². The van der Waals surface area contributed by atoms with Crippen molar-refractivity contribution in [2.45, 2.75) is 18.9 Å². The number of carbonyl (C=O) groups excluding carboxylic acids is 1. The number of nitriles is 1. The summed E-state index contributed by atoms with van der Waals surface area (Å²) in [6.45, 7) is 1.75. The van der Waals surface area contributed by atoms with Gasteiger partial charge in [0.15, 0.2) is 0 Å². The molecule has 2 bridgehead atoms. The van der Waals surface area contributed by atoms with Gasteiger partial charge in [0.2, 0.25) is 0 Å². The van der Waals surface area contributed by atoms with E-state index in [1.54, 1.807) is 31.4 Å². The minimum absolute atomic E-state index is 0.0126. The second kappa shape index (κ2) is 8.47. The quantitative estimate of drug-likeness (QED) is 0.666. The molecule has 2 amide bonds. The molecule has 7 nitrogen and oxygen atoms in total. The average Bonchev–Trinajstić information content (AvgIpc) is 2.85. The summed E-state index contributed by atoms with van der Waals surface area (Å²) < 4.78 is 7.11. The number of ether oxygens (including phenoxy) is 1. The van der Waals surface area contributed by atoms with Gasteiger partial charge in [0, 0.05) is 42.5 Å². The Hall–Kier alpha value is -4.05. The van der Waals surface area contributed by atoms with E-state index in [-0.39, 0.29) is 23.4 Å². The first-order valence-electron chi connectivity index (χ1n) is 11.0. The van der Waals surface area contributed by atoms with Crippen molar-refractivity contribution in [3.8, 4) is 22.9 Å². The maximum Gasteiger partial charge on any atom is 0.321 e. The van der Waals surface area contributed by atoms with E-state index in [1.165, 1.54) is 0 Å². The molecule has 2 unspecified atom stereocenters. The van der Waals surface area contributed by atoms with Crippen LogP contribution in [-0.4, -0.2) is 35.7 Å². The standard InChI is InChI=1S/C26H24N4O3/c1-33-22-7-5-19(6-8-22)23-9-10-24-20-11-18(15-30(24)25(23)31)14-29(16-20)26(32)28-21-4-2-3-17(12-21)13-27/h2-10,12,18,20H,11,14-16H2,1H3,(H,28,32). The van der Waals surface area contributed by atoms with Crippen LogP contribution in [0.2, 0.25) is 0 Å². The topological polar surface area (TPSA) is 87.4 Å².